The second-order valence-corrected chi connectivity index (χ2v) is 12.0. The second kappa shape index (κ2) is 8.70. The lowest BCUT2D eigenvalue weighted by molar-refractivity contribution is -0.137. The summed E-state index contributed by atoms with van der Waals surface area (Å²) in [6.45, 7) is 2.77. The van der Waals surface area contributed by atoms with E-state index >= 15 is 0 Å². The Morgan fingerprint density at radius 1 is 1.10 bits per heavy atom. The number of ketones is 1. The van der Waals surface area contributed by atoms with Crippen LogP contribution < -0.4 is 10.5 Å². The Morgan fingerprint density at radius 2 is 1.71 bits per heavy atom. The van der Waals surface area contributed by atoms with E-state index in [-0.39, 0.29) is 16.6 Å². The predicted molar refractivity (Wildman–Crippen MR) is 122 cm³/mol. The summed E-state index contributed by atoms with van der Waals surface area (Å²) >= 11 is 0. The van der Waals surface area contributed by atoms with Crippen molar-refractivity contribution in [3.05, 3.63) is 35.9 Å². The predicted octanol–water partition coefficient (Wildman–Crippen LogP) is 4.45. The van der Waals surface area contributed by atoms with Crippen LogP contribution >= 0.6 is 0 Å². The molecule has 4 fully saturated rings. The van der Waals surface area contributed by atoms with Crippen LogP contribution in [0.3, 0.4) is 0 Å². The molecule has 0 spiro atoms. The van der Waals surface area contributed by atoms with Crippen molar-refractivity contribution in [1.82, 2.24) is 0 Å². The van der Waals surface area contributed by atoms with Crippen molar-refractivity contribution in [2.75, 3.05) is 18.9 Å². The highest BCUT2D eigenvalue weighted by Crippen LogP contribution is 2.59. The molecular formula is C25H35NO4S. The van der Waals surface area contributed by atoms with Crippen LogP contribution in [0.25, 0.3) is 0 Å². The summed E-state index contributed by atoms with van der Waals surface area (Å²) in [5, 5.41) is 0. The molecule has 4 aliphatic rings. The van der Waals surface area contributed by atoms with E-state index in [1.807, 2.05) is 13.0 Å². The number of sulfone groups is 1. The van der Waals surface area contributed by atoms with E-state index in [2.05, 4.69) is 0 Å². The van der Waals surface area contributed by atoms with E-state index in [1.165, 1.54) is 12.8 Å². The molecule has 0 radical (unpaired) electrons. The first kappa shape index (κ1) is 22.5. The van der Waals surface area contributed by atoms with Crippen molar-refractivity contribution in [3.63, 3.8) is 0 Å². The standard InChI is InChI=1S/C25H35NO4S/c1-2-19(16-26)17-30-21-5-7-22(8-6-21)31(28,29)18-24-9-12-25(13-10-24,14-11-24)23(27)15-20-3-4-20/h2,5-8,20H,3-4,9-18,26H2,1H3/b19-2+. The lowest BCUT2D eigenvalue weighted by Gasteiger charge is -2.52. The molecule has 0 atom stereocenters. The Hall–Kier alpha value is -1.66. The Kier molecular flexibility index (Phi) is 6.32. The third kappa shape index (κ3) is 4.90. The summed E-state index contributed by atoms with van der Waals surface area (Å²) in [7, 11) is -3.38. The molecule has 4 aliphatic carbocycles. The van der Waals surface area contributed by atoms with Crippen molar-refractivity contribution in [1.29, 1.82) is 0 Å². The van der Waals surface area contributed by atoms with Crippen LogP contribution in [0.2, 0.25) is 0 Å². The summed E-state index contributed by atoms with van der Waals surface area (Å²) in [5.74, 6) is 1.91. The molecule has 0 amide bonds. The molecule has 5 rings (SSSR count). The Labute approximate surface area is 186 Å². The van der Waals surface area contributed by atoms with Gasteiger partial charge >= 0.3 is 0 Å². The SMILES string of the molecule is C/C=C(\CN)COc1ccc(S(=O)(=O)CC23CCC(C(=O)CC4CC4)(CC2)CC3)cc1. The lowest BCUT2D eigenvalue weighted by atomic mass is 9.53. The summed E-state index contributed by atoms with van der Waals surface area (Å²) in [5.41, 5.74) is 6.33. The zero-order chi connectivity index (χ0) is 22.1. The van der Waals surface area contributed by atoms with Gasteiger partial charge in [0.25, 0.3) is 0 Å². The zero-order valence-corrected chi connectivity index (χ0v) is 19.4. The van der Waals surface area contributed by atoms with Gasteiger partial charge in [-0.2, -0.15) is 0 Å². The van der Waals surface area contributed by atoms with Gasteiger partial charge in [-0.1, -0.05) is 6.08 Å². The minimum absolute atomic E-state index is 0.150. The molecule has 1 aromatic carbocycles. The molecule has 0 unspecified atom stereocenters. The third-order valence-corrected chi connectivity index (χ3v) is 9.92. The maximum Gasteiger partial charge on any atom is 0.178 e. The summed E-state index contributed by atoms with van der Waals surface area (Å²) in [6, 6.07) is 6.73. The van der Waals surface area contributed by atoms with Crippen LogP contribution in [0.15, 0.2) is 40.8 Å². The van der Waals surface area contributed by atoms with Crippen molar-refractivity contribution in [3.8, 4) is 5.75 Å². The van der Waals surface area contributed by atoms with Crippen LogP contribution in [0.1, 0.15) is 64.7 Å². The number of carbonyl (C=O) groups is 1. The molecule has 0 aromatic heterocycles. The molecule has 2 bridgehead atoms. The van der Waals surface area contributed by atoms with Crippen LogP contribution in [0, 0.1) is 16.7 Å². The van der Waals surface area contributed by atoms with Crippen molar-refractivity contribution in [2.24, 2.45) is 22.5 Å². The summed E-state index contributed by atoms with van der Waals surface area (Å²) < 4.78 is 32.1. The van der Waals surface area contributed by atoms with Gasteiger partial charge in [0.1, 0.15) is 18.1 Å². The van der Waals surface area contributed by atoms with Gasteiger partial charge in [0.05, 0.1) is 10.6 Å². The molecule has 170 valence electrons. The number of nitrogens with two attached hydrogens (primary N) is 1. The normalized spacial score (nSPS) is 28.5. The molecular weight excluding hydrogens is 410 g/mol. The average molecular weight is 446 g/mol. The molecule has 0 aliphatic heterocycles. The fourth-order valence-electron chi connectivity index (χ4n) is 5.36. The van der Waals surface area contributed by atoms with Gasteiger partial charge in [0.15, 0.2) is 9.84 Å². The fourth-order valence-corrected chi connectivity index (χ4v) is 7.32. The number of rotatable bonds is 10. The molecule has 4 saturated carbocycles. The van der Waals surface area contributed by atoms with Gasteiger partial charge in [-0.3, -0.25) is 4.79 Å². The van der Waals surface area contributed by atoms with Gasteiger partial charge in [-0.25, -0.2) is 8.42 Å². The van der Waals surface area contributed by atoms with Crippen molar-refractivity contribution >= 4 is 15.6 Å². The quantitative estimate of drug-likeness (QED) is 0.538. The van der Waals surface area contributed by atoms with Crippen LogP contribution in [-0.4, -0.2) is 33.1 Å². The van der Waals surface area contributed by atoms with Gasteiger partial charge in [0, 0.05) is 18.4 Å². The highest BCUT2D eigenvalue weighted by molar-refractivity contribution is 7.91. The maximum atomic E-state index is 13.2. The smallest absolute Gasteiger partial charge is 0.178 e. The van der Waals surface area contributed by atoms with E-state index in [1.54, 1.807) is 24.3 Å². The van der Waals surface area contributed by atoms with Gasteiger partial charge in [-0.05, 0) is 99.5 Å². The summed E-state index contributed by atoms with van der Waals surface area (Å²) in [4.78, 5) is 13.2. The average Bonchev–Trinajstić information content (AvgIpc) is 3.59. The monoisotopic (exact) mass is 445 g/mol. The first-order chi connectivity index (χ1) is 14.8. The van der Waals surface area contributed by atoms with E-state index in [4.69, 9.17) is 10.5 Å². The number of Topliss-reactive ketones (excluding diaryl/α,β-unsaturated/α-hetero) is 1. The molecule has 31 heavy (non-hydrogen) atoms. The zero-order valence-electron chi connectivity index (χ0n) is 18.6. The number of hydrogen-bond acceptors (Lipinski definition) is 5. The molecule has 2 N–H and O–H groups in total. The van der Waals surface area contributed by atoms with Crippen LogP contribution in [0.4, 0.5) is 0 Å². The highest BCUT2D eigenvalue weighted by Gasteiger charge is 2.53. The minimum Gasteiger partial charge on any atom is -0.489 e. The first-order valence-corrected chi connectivity index (χ1v) is 13.3. The number of allylic oxidation sites excluding steroid dienone is 1. The maximum absolute atomic E-state index is 13.2. The van der Waals surface area contributed by atoms with Crippen molar-refractivity contribution in [2.45, 2.75) is 69.6 Å². The van der Waals surface area contributed by atoms with Crippen molar-refractivity contribution < 1.29 is 17.9 Å². The van der Waals surface area contributed by atoms with Crippen LogP contribution in [-0.2, 0) is 14.6 Å². The molecule has 0 saturated heterocycles. The Morgan fingerprint density at radius 3 is 2.23 bits per heavy atom. The Bertz CT molecular complexity index is 920. The molecule has 6 heteroatoms. The Balaban J connectivity index is 1.37. The largest absolute Gasteiger partial charge is 0.489 e. The number of hydrogen-bond donors (Lipinski definition) is 1. The first-order valence-electron chi connectivity index (χ1n) is 11.6. The van der Waals surface area contributed by atoms with E-state index in [0.717, 1.165) is 50.5 Å². The number of fused-ring (bicyclic) bond motifs is 3. The second-order valence-electron chi connectivity index (χ2n) is 10.0. The molecule has 0 heterocycles. The lowest BCUT2D eigenvalue weighted by Crippen LogP contribution is -2.48. The third-order valence-electron chi connectivity index (χ3n) is 7.94. The molecule has 1 aromatic rings. The number of carbonyl (C=O) groups excluding carboxylic acids is 1. The minimum atomic E-state index is -3.38. The van der Waals surface area contributed by atoms with E-state index < -0.39 is 9.84 Å². The van der Waals surface area contributed by atoms with Gasteiger partial charge in [-0.15, -0.1) is 0 Å². The summed E-state index contributed by atoms with van der Waals surface area (Å²) in [6.07, 6.45) is 10.3. The van der Waals surface area contributed by atoms with E-state index in [9.17, 15) is 13.2 Å². The highest BCUT2D eigenvalue weighted by atomic mass is 32.2. The topological polar surface area (TPSA) is 86.5 Å². The molecule has 5 nitrogen and oxygen atoms in total. The van der Waals surface area contributed by atoms with Gasteiger partial charge < -0.3 is 10.5 Å². The van der Waals surface area contributed by atoms with Crippen LogP contribution in [0.5, 0.6) is 5.75 Å². The van der Waals surface area contributed by atoms with Gasteiger partial charge in [0.2, 0.25) is 0 Å². The van der Waals surface area contributed by atoms with E-state index in [0.29, 0.717) is 35.5 Å². The number of benzene rings is 1. The fraction of sp³-hybridized carbons (Fsp3) is 0.640. The number of ether oxygens (including phenoxy) is 1.